The van der Waals surface area contributed by atoms with Gasteiger partial charge in [0.15, 0.2) is 11.6 Å². The Morgan fingerprint density at radius 3 is 2.52 bits per heavy atom. The summed E-state index contributed by atoms with van der Waals surface area (Å²) >= 11 is 0. The Labute approximate surface area is 154 Å². The lowest BCUT2D eigenvalue weighted by Gasteiger charge is -2.41. The molecule has 0 heterocycles. The number of aryl methyl sites for hydroxylation is 1. The van der Waals surface area contributed by atoms with Crippen molar-refractivity contribution in [1.29, 1.82) is 0 Å². The Balaban J connectivity index is 1.89. The molecule has 3 atom stereocenters. The van der Waals surface area contributed by atoms with Gasteiger partial charge in [0.2, 0.25) is 0 Å². The van der Waals surface area contributed by atoms with Gasteiger partial charge in [0.05, 0.1) is 11.5 Å². The molecule has 3 aliphatic carbocycles. The number of aliphatic hydroxyl groups excluding tert-OH is 2. The van der Waals surface area contributed by atoms with Crippen molar-refractivity contribution in [3.8, 4) is 5.75 Å². The van der Waals surface area contributed by atoms with Crippen molar-refractivity contribution in [3.63, 3.8) is 0 Å². The smallest absolute Gasteiger partial charge is 0.255 e. The number of amides is 1. The Bertz CT molecular complexity index is 986. The first kappa shape index (κ1) is 17.3. The van der Waals surface area contributed by atoms with E-state index < -0.39 is 40.6 Å². The predicted molar refractivity (Wildman–Crippen MR) is 94.7 cm³/mol. The van der Waals surface area contributed by atoms with Crippen LogP contribution in [0.4, 0.5) is 0 Å². The molecule has 1 aromatic rings. The summed E-state index contributed by atoms with van der Waals surface area (Å²) in [5.74, 6) is -5.01. The molecule has 0 bridgehead atoms. The van der Waals surface area contributed by atoms with Gasteiger partial charge in [-0.3, -0.25) is 14.4 Å². The van der Waals surface area contributed by atoms with Gasteiger partial charge in [-0.05, 0) is 48.8 Å². The van der Waals surface area contributed by atoms with Crippen LogP contribution in [0, 0.1) is 24.7 Å². The summed E-state index contributed by atoms with van der Waals surface area (Å²) in [7, 11) is 0. The third-order valence-electron chi connectivity index (χ3n) is 6.01. The number of aliphatic hydroxyl groups is 2. The third-order valence-corrected chi connectivity index (χ3v) is 6.01. The number of rotatable bonds is 1. The monoisotopic (exact) mass is 369 g/mol. The van der Waals surface area contributed by atoms with Gasteiger partial charge in [-0.1, -0.05) is 6.07 Å². The molecule has 1 fully saturated rings. The lowest BCUT2D eigenvalue weighted by atomic mass is 9.61. The number of aromatic hydroxyl groups is 1. The van der Waals surface area contributed by atoms with E-state index in [0.717, 1.165) is 11.1 Å². The highest BCUT2D eigenvalue weighted by atomic mass is 16.3. The molecule has 140 valence electrons. The van der Waals surface area contributed by atoms with Crippen molar-refractivity contribution in [2.24, 2.45) is 23.5 Å². The number of carbonyl (C=O) groups is 3. The van der Waals surface area contributed by atoms with Crippen molar-refractivity contribution in [2.45, 2.75) is 26.2 Å². The molecule has 0 radical (unpaired) electrons. The first-order valence-corrected chi connectivity index (χ1v) is 8.77. The van der Waals surface area contributed by atoms with Crippen LogP contribution in [0.5, 0.6) is 5.75 Å². The number of phenolic OH excluding ortho intramolecular Hbond substituents is 1. The Kier molecular flexibility index (Phi) is 3.66. The van der Waals surface area contributed by atoms with E-state index in [1.165, 1.54) is 6.07 Å². The fourth-order valence-corrected chi connectivity index (χ4v) is 4.80. The molecule has 1 saturated carbocycles. The van der Waals surface area contributed by atoms with E-state index >= 15 is 0 Å². The largest absolute Gasteiger partial charge is 0.511 e. The summed E-state index contributed by atoms with van der Waals surface area (Å²) in [5, 5.41) is 31.4. The number of ketones is 2. The molecule has 3 aliphatic rings. The first-order chi connectivity index (χ1) is 12.7. The van der Waals surface area contributed by atoms with Gasteiger partial charge in [-0.25, -0.2) is 0 Å². The zero-order valence-corrected chi connectivity index (χ0v) is 14.7. The number of primary amides is 1. The summed E-state index contributed by atoms with van der Waals surface area (Å²) in [5.41, 5.74) is 6.69. The van der Waals surface area contributed by atoms with Crippen molar-refractivity contribution < 1.29 is 29.7 Å². The van der Waals surface area contributed by atoms with Crippen LogP contribution < -0.4 is 5.73 Å². The number of nitrogens with two attached hydrogens (primary N) is 1. The molecule has 7 nitrogen and oxygen atoms in total. The van der Waals surface area contributed by atoms with Crippen molar-refractivity contribution >= 4 is 23.2 Å². The summed E-state index contributed by atoms with van der Waals surface area (Å²) in [6, 6.07) is 3.21. The van der Waals surface area contributed by atoms with Gasteiger partial charge in [0, 0.05) is 12.0 Å². The highest BCUT2D eigenvalue weighted by molar-refractivity contribution is 6.21. The Morgan fingerprint density at radius 2 is 1.85 bits per heavy atom. The zero-order chi connectivity index (χ0) is 19.6. The highest BCUT2D eigenvalue weighted by Crippen LogP contribution is 2.50. The molecular weight excluding hydrogens is 350 g/mol. The van der Waals surface area contributed by atoms with E-state index in [9.17, 15) is 29.7 Å². The molecule has 0 spiro atoms. The van der Waals surface area contributed by atoms with Gasteiger partial charge in [-0.2, -0.15) is 0 Å². The first-order valence-electron chi connectivity index (χ1n) is 8.77. The minimum atomic E-state index is -1.08. The van der Waals surface area contributed by atoms with Gasteiger partial charge in [0.25, 0.3) is 5.91 Å². The average molecular weight is 369 g/mol. The quantitative estimate of drug-likeness (QED) is 0.555. The van der Waals surface area contributed by atoms with E-state index in [0.29, 0.717) is 12.8 Å². The normalized spacial score (nSPS) is 27.2. The lowest BCUT2D eigenvalue weighted by Crippen LogP contribution is -2.44. The maximum atomic E-state index is 13.1. The molecule has 0 aromatic heterocycles. The Hall–Kier alpha value is -3.09. The van der Waals surface area contributed by atoms with Gasteiger partial charge in [0.1, 0.15) is 22.8 Å². The van der Waals surface area contributed by atoms with Crippen LogP contribution >= 0.6 is 0 Å². The van der Waals surface area contributed by atoms with Crippen molar-refractivity contribution in [3.05, 3.63) is 45.7 Å². The number of carbonyl (C=O) groups excluding carboxylic acids is 3. The third kappa shape index (κ3) is 2.31. The highest BCUT2D eigenvalue weighted by Gasteiger charge is 2.50. The summed E-state index contributed by atoms with van der Waals surface area (Å²) in [6.45, 7) is 1.86. The average Bonchev–Trinajstić information content (AvgIpc) is 2.57. The summed E-state index contributed by atoms with van der Waals surface area (Å²) in [6.07, 6.45) is 0.812. The van der Waals surface area contributed by atoms with Gasteiger partial charge in [-0.15, -0.1) is 0 Å². The number of fused-ring (bicyclic) bond motifs is 3. The standard InChI is InChI=1S/C20H19NO6/c1-7-2-3-11(22)15-10(7)5-8-4-9-6-12(23)16(20(21)27)19(26)14(9)17(24)13(8)18(15)25/h2-3,8-9,14,22,25-26H,4-6H2,1H3,(H2,21,27)/t8-,9+,14?/m1/s1. The van der Waals surface area contributed by atoms with Crippen LogP contribution in [-0.4, -0.2) is 32.8 Å². The number of allylic oxidation sites excluding steroid dienone is 2. The number of phenols is 1. The SMILES string of the molecule is Cc1ccc(O)c2c1C[C@H]1C[C@H]3CC(=O)C(C(N)=O)=C(O)C3C(=O)C1=C2O. The number of Topliss-reactive ketones (excluding diaryl/α,β-unsaturated/α-hetero) is 2. The van der Waals surface area contributed by atoms with E-state index in [1.54, 1.807) is 6.07 Å². The topological polar surface area (TPSA) is 138 Å². The predicted octanol–water partition coefficient (Wildman–Crippen LogP) is 1.62. The van der Waals surface area contributed by atoms with E-state index in [-0.39, 0.29) is 35.0 Å². The number of benzene rings is 1. The minimum absolute atomic E-state index is 0.0465. The fourth-order valence-electron chi connectivity index (χ4n) is 4.80. The molecule has 1 aromatic carbocycles. The molecule has 1 amide bonds. The van der Waals surface area contributed by atoms with Crippen LogP contribution in [0.2, 0.25) is 0 Å². The lowest BCUT2D eigenvalue weighted by molar-refractivity contribution is -0.127. The molecule has 27 heavy (non-hydrogen) atoms. The van der Waals surface area contributed by atoms with Crippen molar-refractivity contribution in [1.82, 2.24) is 0 Å². The van der Waals surface area contributed by atoms with Gasteiger partial charge < -0.3 is 21.1 Å². The molecule has 4 rings (SSSR count). The second-order valence-electron chi connectivity index (χ2n) is 7.51. The van der Waals surface area contributed by atoms with Crippen LogP contribution in [0.1, 0.15) is 29.5 Å². The summed E-state index contributed by atoms with van der Waals surface area (Å²) < 4.78 is 0. The zero-order valence-electron chi connectivity index (χ0n) is 14.7. The molecule has 7 heteroatoms. The van der Waals surface area contributed by atoms with Crippen LogP contribution in [0.15, 0.2) is 29.0 Å². The minimum Gasteiger partial charge on any atom is -0.511 e. The molecular formula is C20H19NO6. The second-order valence-corrected chi connectivity index (χ2v) is 7.51. The maximum Gasteiger partial charge on any atom is 0.255 e. The second kappa shape index (κ2) is 5.70. The maximum absolute atomic E-state index is 13.1. The fraction of sp³-hybridized carbons (Fsp3) is 0.350. The van der Waals surface area contributed by atoms with Crippen molar-refractivity contribution in [2.75, 3.05) is 0 Å². The molecule has 0 aliphatic heterocycles. The number of hydrogen-bond donors (Lipinski definition) is 4. The van der Waals surface area contributed by atoms with E-state index in [2.05, 4.69) is 0 Å². The molecule has 0 saturated heterocycles. The Morgan fingerprint density at radius 1 is 1.15 bits per heavy atom. The van der Waals surface area contributed by atoms with Crippen LogP contribution in [-0.2, 0) is 20.8 Å². The molecule has 1 unspecified atom stereocenters. The summed E-state index contributed by atoms with van der Waals surface area (Å²) in [4.78, 5) is 36.9. The van der Waals surface area contributed by atoms with Crippen LogP contribution in [0.3, 0.4) is 0 Å². The van der Waals surface area contributed by atoms with E-state index in [1.807, 2.05) is 6.92 Å². The molecule has 5 N–H and O–H groups in total. The van der Waals surface area contributed by atoms with Gasteiger partial charge >= 0.3 is 0 Å². The van der Waals surface area contributed by atoms with Crippen LogP contribution in [0.25, 0.3) is 5.76 Å². The van der Waals surface area contributed by atoms with E-state index in [4.69, 9.17) is 5.73 Å². The number of hydrogen-bond acceptors (Lipinski definition) is 6.